The second-order valence-corrected chi connectivity index (χ2v) is 7.82. The molecule has 0 spiro atoms. The van der Waals surface area contributed by atoms with E-state index in [1.165, 1.54) is 5.56 Å². The summed E-state index contributed by atoms with van der Waals surface area (Å²) < 4.78 is 7.79. The molecule has 5 nitrogen and oxygen atoms in total. The van der Waals surface area contributed by atoms with Gasteiger partial charge in [0.2, 0.25) is 0 Å². The molecule has 0 unspecified atom stereocenters. The molecule has 1 heterocycles. The molecule has 0 fully saturated rings. The van der Waals surface area contributed by atoms with Crippen LogP contribution in [-0.4, -0.2) is 16.6 Å². The van der Waals surface area contributed by atoms with Crippen molar-refractivity contribution in [3.8, 4) is 17.5 Å². The van der Waals surface area contributed by atoms with Crippen LogP contribution < -0.4 is 10.1 Å². The summed E-state index contributed by atoms with van der Waals surface area (Å²) in [5.74, 6) is 0.210. The lowest BCUT2D eigenvalue weighted by Crippen LogP contribution is -2.14. The fourth-order valence-corrected chi connectivity index (χ4v) is 3.52. The number of nitriles is 1. The Hall–Kier alpha value is -3.78. The molecule has 158 valence electrons. The zero-order valence-corrected chi connectivity index (χ0v) is 18.6. The number of aromatic nitrogens is 1. The lowest BCUT2D eigenvalue weighted by molar-refractivity contribution is -0.112. The van der Waals surface area contributed by atoms with Gasteiger partial charge in [-0.25, -0.2) is 0 Å². The molecular formula is C26H27N3O2. The fourth-order valence-electron chi connectivity index (χ4n) is 3.52. The maximum atomic E-state index is 12.7. The topological polar surface area (TPSA) is 67.0 Å². The van der Waals surface area contributed by atoms with Crippen molar-refractivity contribution in [1.82, 2.24) is 4.57 Å². The fraction of sp³-hybridized carbons (Fsp3) is 0.231. The third-order valence-corrected chi connectivity index (χ3v) is 4.86. The second-order valence-electron chi connectivity index (χ2n) is 7.82. The Morgan fingerprint density at radius 3 is 2.52 bits per heavy atom. The van der Waals surface area contributed by atoms with Gasteiger partial charge in [-0.05, 0) is 82.2 Å². The van der Waals surface area contributed by atoms with Crippen LogP contribution >= 0.6 is 0 Å². The van der Waals surface area contributed by atoms with Crippen molar-refractivity contribution in [1.29, 1.82) is 5.26 Å². The van der Waals surface area contributed by atoms with Crippen molar-refractivity contribution in [2.45, 2.75) is 40.7 Å². The number of aryl methyl sites for hydroxylation is 2. The van der Waals surface area contributed by atoms with Gasteiger partial charge in [0, 0.05) is 28.8 Å². The largest absolute Gasteiger partial charge is 0.491 e. The SMILES string of the molecule is Cc1cccc(-n2c(C)cc(/C=C(/C#N)C(=O)Nc3cccc(OC(C)C)c3)c2C)c1. The summed E-state index contributed by atoms with van der Waals surface area (Å²) in [5.41, 5.74) is 5.68. The van der Waals surface area contributed by atoms with Crippen LogP contribution in [0.3, 0.4) is 0 Å². The highest BCUT2D eigenvalue weighted by molar-refractivity contribution is 6.09. The first kappa shape index (κ1) is 21.9. The lowest BCUT2D eigenvalue weighted by atomic mass is 10.1. The minimum Gasteiger partial charge on any atom is -0.491 e. The van der Waals surface area contributed by atoms with E-state index in [1.54, 1.807) is 24.3 Å². The van der Waals surface area contributed by atoms with Crippen LogP contribution in [0, 0.1) is 32.1 Å². The number of nitrogens with zero attached hydrogens (tertiary/aromatic N) is 2. The smallest absolute Gasteiger partial charge is 0.266 e. The minimum absolute atomic E-state index is 0.0316. The Kier molecular flexibility index (Phi) is 6.61. The van der Waals surface area contributed by atoms with Crippen molar-refractivity contribution in [3.63, 3.8) is 0 Å². The summed E-state index contributed by atoms with van der Waals surface area (Å²) in [6, 6.07) is 19.4. The van der Waals surface area contributed by atoms with Gasteiger partial charge in [-0.3, -0.25) is 4.79 Å². The highest BCUT2D eigenvalue weighted by Gasteiger charge is 2.14. The van der Waals surface area contributed by atoms with Gasteiger partial charge in [-0.1, -0.05) is 18.2 Å². The van der Waals surface area contributed by atoms with Crippen molar-refractivity contribution >= 4 is 17.7 Å². The quantitative estimate of drug-likeness (QED) is 0.414. The summed E-state index contributed by atoms with van der Waals surface area (Å²) in [6.07, 6.45) is 1.67. The van der Waals surface area contributed by atoms with Gasteiger partial charge in [0.1, 0.15) is 17.4 Å². The number of hydrogen-bond acceptors (Lipinski definition) is 3. The molecule has 0 aliphatic carbocycles. The number of rotatable bonds is 6. The van der Waals surface area contributed by atoms with Crippen LogP contribution in [0.25, 0.3) is 11.8 Å². The molecule has 0 atom stereocenters. The summed E-state index contributed by atoms with van der Waals surface area (Å²) >= 11 is 0. The van der Waals surface area contributed by atoms with Gasteiger partial charge in [-0.15, -0.1) is 0 Å². The molecule has 2 aromatic carbocycles. The Bertz CT molecular complexity index is 1180. The number of ether oxygens (including phenoxy) is 1. The summed E-state index contributed by atoms with van der Waals surface area (Å²) in [7, 11) is 0. The number of carbonyl (C=O) groups is 1. The summed E-state index contributed by atoms with van der Waals surface area (Å²) in [6.45, 7) is 9.93. The third-order valence-electron chi connectivity index (χ3n) is 4.86. The van der Waals surface area contributed by atoms with Crippen molar-refractivity contribution in [2.24, 2.45) is 0 Å². The molecule has 1 N–H and O–H groups in total. The number of amides is 1. The summed E-state index contributed by atoms with van der Waals surface area (Å²) in [4.78, 5) is 12.7. The van der Waals surface area contributed by atoms with Gasteiger partial charge >= 0.3 is 0 Å². The van der Waals surface area contributed by atoms with Crippen LogP contribution in [0.1, 0.15) is 36.4 Å². The monoisotopic (exact) mass is 413 g/mol. The molecule has 3 rings (SSSR count). The van der Waals surface area contributed by atoms with Gasteiger partial charge in [0.25, 0.3) is 5.91 Å². The molecule has 0 aliphatic rings. The molecule has 3 aromatic rings. The Morgan fingerprint density at radius 2 is 1.84 bits per heavy atom. The second kappa shape index (κ2) is 9.36. The number of anilines is 1. The van der Waals surface area contributed by atoms with Crippen LogP contribution in [0.5, 0.6) is 5.75 Å². The van der Waals surface area contributed by atoms with Crippen molar-refractivity contribution in [3.05, 3.63) is 82.7 Å². The molecule has 0 radical (unpaired) electrons. The average Bonchev–Trinajstić information content (AvgIpc) is 2.98. The number of nitrogens with one attached hydrogen (secondary N) is 1. The number of hydrogen-bond donors (Lipinski definition) is 1. The van der Waals surface area contributed by atoms with E-state index in [1.807, 2.05) is 58.0 Å². The highest BCUT2D eigenvalue weighted by Crippen LogP contribution is 2.24. The predicted molar refractivity (Wildman–Crippen MR) is 124 cm³/mol. The zero-order valence-electron chi connectivity index (χ0n) is 18.6. The van der Waals surface area contributed by atoms with E-state index in [2.05, 4.69) is 28.9 Å². The van der Waals surface area contributed by atoms with Crippen LogP contribution in [-0.2, 0) is 4.79 Å². The molecule has 0 saturated heterocycles. The van der Waals surface area contributed by atoms with Gasteiger partial charge in [0.05, 0.1) is 6.10 Å². The van der Waals surface area contributed by atoms with E-state index in [4.69, 9.17) is 4.74 Å². The van der Waals surface area contributed by atoms with E-state index in [-0.39, 0.29) is 11.7 Å². The van der Waals surface area contributed by atoms with Crippen LogP contribution in [0.2, 0.25) is 0 Å². The standard InChI is InChI=1S/C26H27N3O2/c1-17(2)31-25-11-7-9-23(15-25)28-26(30)22(16-27)14-21-13-19(4)29(20(21)5)24-10-6-8-18(3)12-24/h6-15,17H,1-5H3,(H,28,30)/b22-14-. The summed E-state index contributed by atoms with van der Waals surface area (Å²) in [5, 5.41) is 12.4. The lowest BCUT2D eigenvalue weighted by Gasteiger charge is -2.11. The number of benzene rings is 2. The first-order valence-electron chi connectivity index (χ1n) is 10.2. The molecule has 1 aromatic heterocycles. The Morgan fingerprint density at radius 1 is 1.10 bits per heavy atom. The van der Waals surface area contributed by atoms with Crippen molar-refractivity contribution in [2.75, 3.05) is 5.32 Å². The molecule has 5 heteroatoms. The van der Waals surface area contributed by atoms with E-state index in [0.717, 1.165) is 22.6 Å². The average molecular weight is 414 g/mol. The third kappa shape index (κ3) is 5.23. The normalized spacial score (nSPS) is 11.3. The minimum atomic E-state index is -0.454. The Balaban J connectivity index is 1.88. The van der Waals surface area contributed by atoms with Crippen LogP contribution in [0.15, 0.2) is 60.2 Å². The maximum Gasteiger partial charge on any atom is 0.266 e. The molecule has 1 amide bonds. The highest BCUT2D eigenvalue weighted by atomic mass is 16.5. The van der Waals surface area contributed by atoms with Gasteiger partial charge in [0.15, 0.2) is 0 Å². The zero-order chi connectivity index (χ0) is 22.5. The van der Waals surface area contributed by atoms with Gasteiger partial charge < -0.3 is 14.6 Å². The van der Waals surface area contributed by atoms with E-state index in [9.17, 15) is 10.1 Å². The Labute approximate surface area is 183 Å². The first-order chi connectivity index (χ1) is 14.8. The van der Waals surface area contributed by atoms with Crippen LogP contribution in [0.4, 0.5) is 5.69 Å². The molecular weight excluding hydrogens is 386 g/mol. The van der Waals surface area contributed by atoms with E-state index in [0.29, 0.717) is 11.4 Å². The van der Waals surface area contributed by atoms with Crippen molar-refractivity contribution < 1.29 is 9.53 Å². The maximum absolute atomic E-state index is 12.7. The molecule has 0 aliphatic heterocycles. The van der Waals surface area contributed by atoms with E-state index >= 15 is 0 Å². The number of carbonyl (C=O) groups excluding carboxylic acids is 1. The predicted octanol–water partition coefficient (Wildman–Crippen LogP) is 5.74. The molecule has 0 saturated carbocycles. The molecule has 31 heavy (non-hydrogen) atoms. The first-order valence-corrected chi connectivity index (χ1v) is 10.2. The van der Waals surface area contributed by atoms with E-state index < -0.39 is 5.91 Å². The molecule has 0 bridgehead atoms. The van der Waals surface area contributed by atoms with Gasteiger partial charge in [-0.2, -0.15) is 5.26 Å².